The highest BCUT2D eigenvalue weighted by molar-refractivity contribution is 8.18. The molecule has 0 spiro atoms. The third-order valence-electron chi connectivity index (χ3n) is 5.25. The zero-order chi connectivity index (χ0) is 27.2. The van der Waals surface area contributed by atoms with Gasteiger partial charge in [0.05, 0.1) is 21.6 Å². The lowest BCUT2D eigenvalue weighted by molar-refractivity contribution is -0.127. The summed E-state index contributed by atoms with van der Waals surface area (Å²) in [5.74, 6) is -0.0768. The maximum Gasteiger partial charge on any atom is 0.294 e. The molecule has 0 aliphatic carbocycles. The summed E-state index contributed by atoms with van der Waals surface area (Å²) < 4.78 is 11.6. The minimum Gasteiger partial charge on any atom is -0.490 e. The molecule has 1 N–H and O–H groups in total. The first-order valence-corrected chi connectivity index (χ1v) is 13.3. The third kappa shape index (κ3) is 7.02. The minimum atomic E-state index is -0.552. The van der Waals surface area contributed by atoms with Crippen molar-refractivity contribution >= 4 is 75.4 Å². The smallest absolute Gasteiger partial charge is 0.294 e. The SMILES string of the molecule is CCOc1cc(/C=C2/SC(=O)N(CC(=O)Nc3ccc(Cl)cc3)C2=O)ccc1OCc1ccc(Cl)c(Cl)c1. The molecule has 3 aromatic rings. The van der Waals surface area contributed by atoms with Gasteiger partial charge in [-0.2, -0.15) is 0 Å². The fraction of sp³-hybridized carbons (Fsp3) is 0.148. The maximum atomic E-state index is 12.9. The van der Waals surface area contributed by atoms with Crippen molar-refractivity contribution in [1.29, 1.82) is 0 Å². The summed E-state index contributed by atoms with van der Waals surface area (Å²) in [5, 5.41) is 3.53. The van der Waals surface area contributed by atoms with Crippen molar-refractivity contribution in [3.63, 3.8) is 0 Å². The Hall–Kier alpha value is -3.17. The predicted molar refractivity (Wildman–Crippen MR) is 151 cm³/mol. The number of nitrogens with zero attached hydrogens (tertiary/aromatic N) is 1. The zero-order valence-electron chi connectivity index (χ0n) is 20.0. The standard InChI is InChI=1S/C27H21Cl3N2O5S/c1-2-36-23-12-16(4-10-22(23)37-15-17-3-9-20(29)21(30)11-17)13-24-26(34)32(27(35)38-24)14-25(33)31-19-7-5-18(28)6-8-19/h3-13H,2,14-15H2,1H3,(H,31,33)/b24-13+. The second-order valence-corrected chi connectivity index (χ2v) is 10.2. The summed E-state index contributed by atoms with van der Waals surface area (Å²) in [7, 11) is 0. The van der Waals surface area contributed by atoms with Crippen molar-refractivity contribution in [3.8, 4) is 11.5 Å². The van der Waals surface area contributed by atoms with Gasteiger partial charge in [0, 0.05) is 10.7 Å². The van der Waals surface area contributed by atoms with Crippen LogP contribution in [0.3, 0.4) is 0 Å². The van der Waals surface area contributed by atoms with Gasteiger partial charge >= 0.3 is 0 Å². The van der Waals surface area contributed by atoms with E-state index in [1.165, 1.54) is 0 Å². The van der Waals surface area contributed by atoms with Crippen LogP contribution in [0.2, 0.25) is 15.1 Å². The number of rotatable bonds is 9. The van der Waals surface area contributed by atoms with E-state index in [0.29, 0.717) is 44.4 Å². The fourth-order valence-electron chi connectivity index (χ4n) is 3.46. The monoisotopic (exact) mass is 590 g/mol. The van der Waals surface area contributed by atoms with Gasteiger partial charge in [-0.1, -0.05) is 46.9 Å². The number of ether oxygens (including phenoxy) is 2. The Morgan fingerprint density at radius 1 is 0.947 bits per heavy atom. The molecule has 1 heterocycles. The van der Waals surface area contributed by atoms with Gasteiger partial charge in [0.25, 0.3) is 11.1 Å². The molecular formula is C27H21Cl3N2O5S. The average Bonchev–Trinajstić information content (AvgIpc) is 3.14. The van der Waals surface area contributed by atoms with Crippen molar-refractivity contribution in [2.75, 3.05) is 18.5 Å². The number of carbonyl (C=O) groups excluding carboxylic acids is 3. The van der Waals surface area contributed by atoms with Gasteiger partial charge in [0.1, 0.15) is 13.2 Å². The Kier molecular flexibility index (Phi) is 9.22. The van der Waals surface area contributed by atoms with Crippen LogP contribution < -0.4 is 14.8 Å². The molecule has 0 saturated carbocycles. The van der Waals surface area contributed by atoms with Crippen LogP contribution in [0.4, 0.5) is 10.5 Å². The molecule has 11 heteroatoms. The predicted octanol–water partition coefficient (Wildman–Crippen LogP) is 7.30. The molecule has 1 aliphatic rings. The van der Waals surface area contributed by atoms with E-state index in [0.717, 1.165) is 22.2 Å². The molecule has 196 valence electrons. The van der Waals surface area contributed by atoms with E-state index >= 15 is 0 Å². The van der Waals surface area contributed by atoms with Gasteiger partial charge in [-0.15, -0.1) is 0 Å². The van der Waals surface area contributed by atoms with Crippen LogP contribution in [0.1, 0.15) is 18.1 Å². The van der Waals surface area contributed by atoms with E-state index in [2.05, 4.69) is 5.32 Å². The number of benzene rings is 3. The lowest BCUT2D eigenvalue weighted by Crippen LogP contribution is -2.36. The summed E-state index contributed by atoms with van der Waals surface area (Å²) in [6.07, 6.45) is 1.58. The number of thioether (sulfide) groups is 1. The molecule has 0 atom stereocenters. The van der Waals surface area contributed by atoms with E-state index in [9.17, 15) is 14.4 Å². The Labute approximate surface area is 238 Å². The second kappa shape index (κ2) is 12.6. The summed E-state index contributed by atoms with van der Waals surface area (Å²) in [6.45, 7) is 2.07. The molecule has 38 heavy (non-hydrogen) atoms. The van der Waals surface area contributed by atoms with Crippen molar-refractivity contribution in [3.05, 3.63) is 91.8 Å². The van der Waals surface area contributed by atoms with E-state index in [-0.39, 0.29) is 11.5 Å². The lowest BCUT2D eigenvalue weighted by atomic mass is 10.1. The summed E-state index contributed by atoms with van der Waals surface area (Å²) in [6, 6.07) is 16.9. The molecule has 0 aromatic heterocycles. The number of halogens is 3. The van der Waals surface area contributed by atoms with Crippen LogP contribution in [0.25, 0.3) is 6.08 Å². The third-order valence-corrected chi connectivity index (χ3v) is 7.15. The molecule has 0 unspecified atom stereocenters. The number of anilines is 1. The van der Waals surface area contributed by atoms with Crippen LogP contribution in [-0.4, -0.2) is 35.1 Å². The van der Waals surface area contributed by atoms with Gasteiger partial charge in [0.15, 0.2) is 11.5 Å². The largest absolute Gasteiger partial charge is 0.490 e. The molecule has 1 fully saturated rings. The first kappa shape index (κ1) is 27.9. The Balaban J connectivity index is 1.44. The van der Waals surface area contributed by atoms with Gasteiger partial charge in [-0.3, -0.25) is 19.3 Å². The first-order chi connectivity index (χ1) is 18.2. The number of amides is 3. The van der Waals surface area contributed by atoms with E-state index in [1.807, 2.05) is 13.0 Å². The van der Waals surface area contributed by atoms with E-state index in [4.69, 9.17) is 44.3 Å². The zero-order valence-corrected chi connectivity index (χ0v) is 23.1. The molecule has 1 saturated heterocycles. The summed E-state index contributed by atoms with van der Waals surface area (Å²) >= 11 is 18.7. The van der Waals surface area contributed by atoms with Crippen molar-refractivity contribution in [1.82, 2.24) is 4.90 Å². The Bertz CT molecular complexity index is 1410. The van der Waals surface area contributed by atoms with Gasteiger partial charge in [-0.05, 0) is 84.4 Å². The molecule has 3 aromatic carbocycles. The van der Waals surface area contributed by atoms with Crippen LogP contribution in [0, 0.1) is 0 Å². The number of carbonyl (C=O) groups is 3. The van der Waals surface area contributed by atoms with Crippen LogP contribution in [0.5, 0.6) is 11.5 Å². The molecule has 0 radical (unpaired) electrons. The van der Waals surface area contributed by atoms with Gasteiger partial charge in [-0.25, -0.2) is 0 Å². The number of imide groups is 1. The van der Waals surface area contributed by atoms with Crippen LogP contribution in [-0.2, 0) is 16.2 Å². The molecule has 1 aliphatic heterocycles. The maximum absolute atomic E-state index is 12.9. The first-order valence-electron chi connectivity index (χ1n) is 11.4. The molecule has 0 bridgehead atoms. The highest BCUT2D eigenvalue weighted by atomic mass is 35.5. The van der Waals surface area contributed by atoms with Gasteiger partial charge in [0.2, 0.25) is 5.91 Å². The summed E-state index contributed by atoms with van der Waals surface area (Å²) in [4.78, 5) is 38.9. The lowest BCUT2D eigenvalue weighted by Gasteiger charge is -2.13. The minimum absolute atomic E-state index is 0.196. The van der Waals surface area contributed by atoms with Crippen LogP contribution >= 0.6 is 46.6 Å². The topological polar surface area (TPSA) is 84.9 Å². The molecule has 3 amide bonds. The second-order valence-electron chi connectivity index (χ2n) is 8.00. The number of nitrogens with one attached hydrogen (secondary N) is 1. The Morgan fingerprint density at radius 2 is 1.71 bits per heavy atom. The van der Waals surface area contributed by atoms with Crippen molar-refractivity contribution < 1.29 is 23.9 Å². The molecule has 4 rings (SSSR count). The van der Waals surface area contributed by atoms with Crippen LogP contribution in [0.15, 0.2) is 65.6 Å². The quantitative estimate of drug-likeness (QED) is 0.263. The van der Waals surface area contributed by atoms with E-state index < -0.39 is 23.6 Å². The fourth-order valence-corrected chi connectivity index (χ4v) is 4.74. The Morgan fingerprint density at radius 3 is 2.42 bits per heavy atom. The molecule has 7 nitrogen and oxygen atoms in total. The van der Waals surface area contributed by atoms with Crippen molar-refractivity contribution in [2.24, 2.45) is 0 Å². The highest BCUT2D eigenvalue weighted by Gasteiger charge is 2.36. The average molecular weight is 592 g/mol. The van der Waals surface area contributed by atoms with Crippen molar-refractivity contribution in [2.45, 2.75) is 13.5 Å². The summed E-state index contributed by atoms with van der Waals surface area (Å²) in [5.41, 5.74) is 1.97. The highest BCUT2D eigenvalue weighted by Crippen LogP contribution is 2.35. The van der Waals surface area contributed by atoms with E-state index in [1.54, 1.807) is 60.7 Å². The molecular weight excluding hydrogens is 571 g/mol. The normalized spacial score (nSPS) is 14.2. The number of hydrogen-bond acceptors (Lipinski definition) is 6. The number of hydrogen-bond donors (Lipinski definition) is 1. The van der Waals surface area contributed by atoms with Gasteiger partial charge < -0.3 is 14.8 Å².